The Labute approximate surface area is 224 Å². The van der Waals surface area contributed by atoms with E-state index in [1.165, 1.54) is 10.6 Å². The van der Waals surface area contributed by atoms with Crippen LogP contribution in [0.15, 0.2) is 46.1 Å². The lowest BCUT2D eigenvalue weighted by molar-refractivity contribution is -0.122. The summed E-state index contributed by atoms with van der Waals surface area (Å²) in [5, 5.41) is 3.26. The number of hydrogen-bond acceptors (Lipinski definition) is 6. The van der Waals surface area contributed by atoms with Crippen molar-refractivity contribution < 1.29 is 13.9 Å². The molecular formula is C28H33FN4O4S. The summed E-state index contributed by atoms with van der Waals surface area (Å²) < 4.78 is 22.4. The standard InChI is InChI=1S/C28H33FN4O4S/c1-37-24-5-3-2-4-18(24)6-11-25(34)31-20-7-9-21(10-8-20)33-27(35)23-16-19(29)17-30-26(23)32(28(33)36)22-12-14-38-15-13-22/h2-5,16-17,20-22H,6-15H2,1H3,(H,31,34). The van der Waals surface area contributed by atoms with Crippen LogP contribution in [0.4, 0.5) is 4.39 Å². The van der Waals surface area contributed by atoms with Crippen molar-refractivity contribution >= 4 is 28.7 Å². The molecule has 0 spiro atoms. The Hall–Kier alpha value is -3.14. The van der Waals surface area contributed by atoms with Gasteiger partial charge in [0.2, 0.25) is 5.91 Å². The Morgan fingerprint density at radius 1 is 1.08 bits per heavy atom. The summed E-state index contributed by atoms with van der Waals surface area (Å²) in [6.07, 6.45) is 6.13. The second-order valence-electron chi connectivity index (χ2n) is 10.1. The lowest BCUT2D eigenvalue weighted by Crippen LogP contribution is -2.46. The van der Waals surface area contributed by atoms with Gasteiger partial charge in [-0.15, -0.1) is 0 Å². The highest BCUT2D eigenvalue weighted by atomic mass is 32.2. The van der Waals surface area contributed by atoms with E-state index in [0.717, 1.165) is 41.9 Å². The van der Waals surface area contributed by atoms with E-state index in [2.05, 4.69) is 10.3 Å². The molecule has 38 heavy (non-hydrogen) atoms. The Morgan fingerprint density at radius 2 is 1.79 bits per heavy atom. The highest BCUT2D eigenvalue weighted by Crippen LogP contribution is 2.30. The van der Waals surface area contributed by atoms with E-state index >= 15 is 0 Å². The Bertz CT molecular complexity index is 1420. The molecule has 1 aromatic carbocycles. The van der Waals surface area contributed by atoms with Crippen LogP contribution >= 0.6 is 11.8 Å². The van der Waals surface area contributed by atoms with Gasteiger partial charge in [-0.25, -0.2) is 14.2 Å². The number of fused-ring (bicyclic) bond motifs is 1. The second-order valence-corrected chi connectivity index (χ2v) is 11.3. The maximum Gasteiger partial charge on any atom is 0.333 e. The van der Waals surface area contributed by atoms with Crippen LogP contribution in [0.25, 0.3) is 11.0 Å². The number of hydrogen-bond donors (Lipinski definition) is 1. The first kappa shape index (κ1) is 26.5. The fourth-order valence-corrected chi connectivity index (χ4v) is 6.82. The van der Waals surface area contributed by atoms with Gasteiger partial charge < -0.3 is 10.1 Å². The van der Waals surface area contributed by atoms with Gasteiger partial charge in [0, 0.05) is 24.5 Å². The number of thioether (sulfide) groups is 1. The summed E-state index contributed by atoms with van der Waals surface area (Å²) in [6, 6.07) is 8.50. The van der Waals surface area contributed by atoms with Crippen molar-refractivity contribution in [1.29, 1.82) is 0 Å². The minimum absolute atomic E-state index is 0.00992. The lowest BCUT2D eigenvalue weighted by atomic mass is 9.90. The van der Waals surface area contributed by atoms with Gasteiger partial charge in [-0.05, 0) is 74.1 Å². The predicted octanol–water partition coefficient (Wildman–Crippen LogP) is 4.01. The number of rotatable bonds is 7. The molecule has 1 saturated carbocycles. The molecule has 0 bridgehead atoms. The summed E-state index contributed by atoms with van der Waals surface area (Å²) >= 11 is 1.85. The lowest BCUT2D eigenvalue weighted by Gasteiger charge is -2.31. The molecule has 1 aliphatic heterocycles. The largest absolute Gasteiger partial charge is 0.496 e. The van der Waals surface area contributed by atoms with Crippen molar-refractivity contribution in [2.75, 3.05) is 18.6 Å². The molecule has 3 aromatic rings. The number of nitrogens with one attached hydrogen (secondary N) is 1. The topological polar surface area (TPSA) is 95.2 Å². The van der Waals surface area contributed by atoms with Crippen LogP contribution in [0.3, 0.4) is 0 Å². The Balaban J connectivity index is 1.30. The zero-order chi connectivity index (χ0) is 26.6. The van der Waals surface area contributed by atoms with Crippen LogP contribution in [0, 0.1) is 5.82 Å². The van der Waals surface area contributed by atoms with Gasteiger partial charge >= 0.3 is 5.69 Å². The Kier molecular flexibility index (Phi) is 8.16. The average Bonchev–Trinajstić information content (AvgIpc) is 2.94. The summed E-state index contributed by atoms with van der Waals surface area (Å²) in [4.78, 5) is 44.0. The third kappa shape index (κ3) is 5.50. The highest BCUT2D eigenvalue weighted by Gasteiger charge is 2.29. The number of ether oxygens (including phenoxy) is 1. The van der Waals surface area contributed by atoms with Crippen molar-refractivity contribution in [3.63, 3.8) is 0 Å². The number of nitrogens with zero attached hydrogens (tertiary/aromatic N) is 3. The molecular weight excluding hydrogens is 507 g/mol. The third-order valence-corrected chi connectivity index (χ3v) is 8.77. The molecule has 1 aliphatic carbocycles. The molecule has 10 heteroatoms. The summed E-state index contributed by atoms with van der Waals surface area (Å²) in [5.41, 5.74) is 0.416. The number of amides is 1. The molecule has 2 aliphatic rings. The number of aromatic nitrogens is 3. The third-order valence-electron chi connectivity index (χ3n) is 7.72. The van der Waals surface area contributed by atoms with Crippen molar-refractivity contribution in [3.8, 4) is 5.75 Å². The van der Waals surface area contributed by atoms with Gasteiger partial charge in [0.05, 0.1) is 18.7 Å². The number of methoxy groups -OCH3 is 1. The highest BCUT2D eigenvalue weighted by molar-refractivity contribution is 7.99. The predicted molar refractivity (Wildman–Crippen MR) is 147 cm³/mol. The molecule has 1 amide bonds. The fraction of sp³-hybridized carbons (Fsp3) is 0.500. The van der Waals surface area contributed by atoms with Gasteiger partial charge in [-0.3, -0.25) is 18.7 Å². The van der Waals surface area contributed by atoms with Crippen LogP contribution < -0.4 is 21.3 Å². The number of pyridine rings is 1. The minimum Gasteiger partial charge on any atom is -0.496 e. The zero-order valence-corrected chi connectivity index (χ0v) is 22.3. The van der Waals surface area contributed by atoms with E-state index in [9.17, 15) is 18.8 Å². The monoisotopic (exact) mass is 540 g/mol. The van der Waals surface area contributed by atoms with Crippen molar-refractivity contribution in [1.82, 2.24) is 19.4 Å². The molecule has 3 heterocycles. The molecule has 202 valence electrons. The van der Waals surface area contributed by atoms with Crippen molar-refractivity contribution in [2.24, 2.45) is 0 Å². The van der Waals surface area contributed by atoms with Gasteiger partial charge in [0.15, 0.2) is 0 Å². The molecule has 8 nitrogen and oxygen atoms in total. The van der Waals surface area contributed by atoms with E-state index < -0.39 is 11.4 Å². The van der Waals surface area contributed by atoms with Crippen LogP contribution in [0.2, 0.25) is 0 Å². The van der Waals surface area contributed by atoms with E-state index in [1.807, 2.05) is 36.0 Å². The van der Waals surface area contributed by atoms with Gasteiger partial charge in [-0.1, -0.05) is 18.2 Å². The number of halogens is 1. The summed E-state index contributed by atoms with van der Waals surface area (Å²) in [5.74, 6) is 2.02. The number of aryl methyl sites for hydroxylation is 1. The normalized spacial score (nSPS) is 20.4. The van der Waals surface area contributed by atoms with Crippen LogP contribution in [0.1, 0.15) is 62.6 Å². The number of carbonyl (C=O) groups is 1. The van der Waals surface area contributed by atoms with E-state index in [0.29, 0.717) is 38.5 Å². The number of para-hydroxylation sites is 1. The molecule has 0 radical (unpaired) electrons. The van der Waals surface area contributed by atoms with Crippen LogP contribution in [0.5, 0.6) is 5.75 Å². The molecule has 1 saturated heterocycles. The first-order chi connectivity index (χ1) is 18.5. The zero-order valence-electron chi connectivity index (χ0n) is 21.5. The number of carbonyl (C=O) groups excluding carboxylic acids is 1. The smallest absolute Gasteiger partial charge is 0.333 e. The molecule has 2 fully saturated rings. The van der Waals surface area contributed by atoms with Crippen molar-refractivity contribution in [3.05, 3.63) is 68.7 Å². The van der Waals surface area contributed by atoms with E-state index in [4.69, 9.17) is 4.74 Å². The van der Waals surface area contributed by atoms with Gasteiger partial charge in [-0.2, -0.15) is 11.8 Å². The summed E-state index contributed by atoms with van der Waals surface area (Å²) in [7, 11) is 1.62. The molecule has 0 unspecified atom stereocenters. The summed E-state index contributed by atoms with van der Waals surface area (Å²) in [6.45, 7) is 0. The maximum atomic E-state index is 14.1. The molecule has 0 atom stereocenters. The van der Waals surface area contributed by atoms with E-state index in [1.54, 1.807) is 11.7 Å². The van der Waals surface area contributed by atoms with Crippen molar-refractivity contribution in [2.45, 2.75) is 69.5 Å². The minimum atomic E-state index is -0.593. The SMILES string of the molecule is COc1ccccc1CCC(=O)NC1CCC(n2c(=O)c3cc(F)cnc3n(C3CCSCC3)c2=O)CC1. The maximum absolute atomic E-state index is 14.1. The average molecular weight is 541 g/mol. The first-order valence-electron chi connectivity index (χ1n) is 13.3. The number of benzene rings is 1. The molecule has 5 rings (SSSR count). The quantitative estimate of drug-likeness (QED) is 0.487. The van der Waals surface area contributed by atoms with Gasteiger partial charge in [0.1, 0.15) is 17.2 Å². The molecule has 1 N–H and O–H groups in total. The van der Waals surface area contributed by atoms with E-state index in [-0.39, 0.29) is 40.8 Å². The second kappa shape index (κ2) is 11.7. The Morgan fingerprint density at radius 3 is 2.53 bits per heavy atom. The van der Waals surface area contributed by atoms with Crippen LogP contribution in [-0.4, -0.2) is 44.7 Å². The van der Waals surface area contributed by atoms with Gasteiger partial charge in [0.25, 0.3) is 5.56 Å². The first-order valence-corrected chi connectivity index (χ1v) is 14.4. The fourth-order valence-electron chi connectivity index (χ4n) is 5.74. The molecule has 2 aromatic heterocycles. The van der Waals surface area contributed by atoms with Crippen LogP contribution in [-0.2, 0) is 11.2 Å².